The predicted molar refractivity (Wildman–Crippen MR) is 61.6 cm³/mol. The number of hydrogen-bond donors (Lipinski definition) is 4. The zero-order chi connectivity index (χ0) is 14.4. The van der Waals surface area contributed by atoms with Gasteiger partial charge in [-0.1, -0.05) is 6.90 Å². The van der Waals surface area contributed by atoms with E-state index >= 15 is 0 Å². The van der Waals surface area contributed by atoms with Crippen LogP contribution in [-0.2, 0) is 14.3 Å². The maximum absolute atomic E-state index is 11.1. The molecule has 0 aromatic carbocycles. The molecule has 1 unspecified atom stereocenters. The highest BCUT2D eigenvalue weighted by molar-refractivity contribution is 5.73. The number of carbonyl (C=O) groups excluding carboxylic acids is 1. The summed E-state index contributed by atoms with van der Waals surface area (Å²) >= 11 is 0. The standard InChI is InChI=1S/C11H21NO6/c1-3-4-17-10-8(12-6(2)14)11(16)18-7(5-13)9(10)15/h7-11,13,15-16H,3-5H2,1-2H3,(H,12,14)/t7-,8-,9-,10-,11?/m1/s1/i1D. The summed E-state index contributed by atoms with van der Waals surface area (Å²) < 4.78 is 17.5. The minimum absolute atomic E-state index is 0.177. The smallest absolute Gasteiger partial charge is 0.217 e. The molecule has 18 heavy (non-hydrogen) atoms. The summed E-state index contributed by atoms with van der Waals surface area (Å²) in [6.07, 6.45) is -3.93. The Morgan fingerprint density at radius 3 is 2.83 bits per heavy atom. The van der Waals surface area contributed by atoms with Crippen LogP contribution in [0.15, 0.2) is 0 Å². The van der Waals surface area contributed by atoms with Crippen LogP contribution in [0, 0.1) is 0 Å². The number of carbonyl (C=O) groups is 1. The molecule has 1 heterocycles. The van der Waals surface area contributed by atoms with E-state index in [4.69, 9.17) is 16.0 Å². The normalized spacial score (nSPS) is 37.1. The molecule has 0 saturated carbocycles. The van der Waals surface area contributed by atoms with Gasteiger partial charge in [0.15, 0.2) is 6.29 Å². The van der Waals surface area contributed by atoms with Gasteiger partial charge in [-0.15, -0.1) is 0 Å². The highest BCUT2D eigenvalue weighted by atomic mass is 16.6. The van der Waals surface area contributed by atoms with E-state index in [0.717, 1.165) is 0 Å². The third-order valence-electron chi connectivity index (χ3n) is 2.70. The average Bonchev–Trinajstić information content (AvgIpc) is 2.36. The molecule has 0 aromatic rings. The lowest BCUT2D eigenvalue weighted by molar-refractivity contribution is -0.261. The molecule has 0 radical (unpaired) electrons. The predicted octanol–water partition coefficient (Wildman–Crippen LogP) is -1.64. The third kappa shape index (κ3) is 3.63. The summed E-state index contributed by atoms with van der Waals surface area (Å²) in [5, 5.41) is 31.3. The van der Waals surface area contributed by atoms with Gasteiger partial charge in [0.2, 0.25) is 5.91 Å². The molecule has 106 valence electrons. The number of aliphatic hydroxyl groups is 3. The van der Waals surface area contributed by atoms with Gasteiger partial charge in [0.25, 0.3) is 0 Å². The van der Waals surface area contributed by atoms with Crippen molar-refractivity contribution in [1.82, 2.24) is 5.32 Å². The average molecular weight is 264 g/mol. The minimum atomic E-state index is -1.37. The van der Waals surface area contributed by atoms with Gasteiger partial charge in [-0.2, -0.15) is 0 Å². The number of nitrogens with one attached hydrogen (secondary N) is 1. The van der Waals surface area contributed by atoms with Gasteiger partial charge in [-0.05, 0) is 6.42 Å². The molecule has 5 atom stereocenters. The molecule has 1 aliphatic heterocycles. The highest BCUT2D eigenvalue weighted by Gasteiger charge is 2.45. The van der Waals surface area contributed by atoms with Gasteiger partial charge in [0, 0.05) is 14.9 Å². The minimum Gasteiger partial charge on any atom is -0.394 e. The molecule has 7 nitrogen and oxygen atoms in total. The lowest BCUT2D eigenvalue weighted by atomic mass is 9.96. The number of aliphatic hydroxyl groups excluding tert-OH is 3. The number of amides is 1. The van der Waals surface area contributed by atoms with Crippen molar-refractivity contribution in [1.29, 1.82) is 0 Å². The zero-order valence-electron chi connectivity index (χ0n) is 11.3. The van der Waals surface area contributed by atoms with Gasteiger partial charge in [-0.3, -0.25) is 4.79 Å². The van der Waals surface area contributed by atoms with Gasteiger partial charge in [-0.25, -0.2) is 0 Å². The molecular formula is C11H21NO6. The van der Waals surface area contributed by atoms with E-state index in [1.165, 1.54) is 6.92 Å². The first-order valence-corrected chi connectivity index (χ1v) is 5.81. The number of hydrogen-bond acceptors (Lipinski definition) is 6. The monoisotopic (exact) mass is 264 g/mol. The fraction of sp³-hybridized carbons (Fsp3) is 0.909. The summed E-state index contributed by atoms with van der Waals surface area (Å²) in [5.74, 6) is -0.392. The van der Waals surface area contributed by atoms with Crippen LogP contribution in [0.1, 0.15) is 21.6 Å². The van der Waals surface area contributed by atoms with Crippen molar-refractivity contribution in [3.63, 3.8) is 0 Å². The lowest BCUT2D eigenvalue weighted by Gasteiger charge is -2.42. The van der Waals surface area contributed by atoms with E-state index in [9.17, 15) is 15.0 Å². The Morgan fingerprint density at radius 2 is 2.28 bits per heavy atom. The van der Waals surface area contributed by atoms with Crippen molar-refractivity contribution < 1.29 is 31.0 Å². The van der Waals surface area contributed by atoms with E-state index in [1.54, 1.807) is 0 Å². The van der Waals surface area contributed by atoms with Crippen LogP contribution in [0.2, 0.25) is 0 Å². The Hall–Kier alpha value is -0.730. The SMILES string of the molecule is [2H]CCCO[C@H]1[C@H](O)[C@@H](CO)OC(O)[C@@H]1NC(C)=O. The summed E-state index contributed by atoms with van der Waals surface area (Å²) in [6.45, 7) is 1.20. The van der Waals surface area contributed by atoms with Crippen LogP contribution in [0.25, 0.3) is 0 Å². The second kappa shape index (κ2) is 7.01. The van der Waals surface area contributed by atoms with E-state index in [1.807, 2.05) is 0 Å². The Balaban J connectivity index is 2.74. The van der Waals surface area contributed by atoms with Crippen molar-refractivity contribution in [2.75, 3.05) is 13.2 Å². The largest absolute Gasteiger partial charge is 0.394 e. The van der Waals surface area contributed by atoms with Crippen LogP contribution in [0.3, 0.4) is 0 Å². The van der Waals surface area contributed by atoms with E-state index < -0.39 is 43.2 Å². The lowest BCUT2D eigenvalue weighted by Crippen LogP contribution is -2.64. The van der Waals surface area contributed by atoms with E-state index in [2.05, 4.69) is 5.32 Å². The molecule has 1 fully saturated rings. The second-order valence-electron chi connectivity index (χ2n) is 4.15. The third-order valence-corrected chi connectivity index (χ3v) is 2.70. The maximum Gasteiger partial charge on any atom is 0.217 e. The molecule has 4 N–H and O–H groups in total. The highest BCUT2D eigenvalue weighted by Crippen LogP contribution is 2.22. The quantitative estimate of drug-likeness (QED) is 0.443. The fourth-order valence-corrected chi connectivity index (χ4v) is 1.89. The first-order valence-electron chi connectivity index (χ1n) is 6.52. The van der Waals surface area contributed by atoms with Crippen molar-refractivity contribution in [3.8, 4) is 0 Å². The molecule has 7 heteroatoms. The van der Waals surface area contributed by atoms with Crippen molar-refractivity contribution >= 4 is 5.91 Å². The van der Waals surface area contributed by atoms with Gasteiger partial charge < -0.3 is 30.1 Å². The van der Waals surface area contributed by atoms with Crippen molar-refractivity contribution in [2.24, 2.45) is 0 Å². The van der Waals surface area contributed by atoms with E-state index in [0.29, 0.717) is 6.42 Å². The Bertz CT molecular complexity index is 292. The molecule has 1 saturated heterocycles. The molecule has 0 aromatic heterocycles. The Morgan fingerprint density at radius 1 is 1.56 bits per heavy atom. The Labute approximate surface area is 107 Å². The second-order valence-corrected chi connectivity index (χ2v) is 4.15. The van der Waals surface area contributed by atoms with Crippen LogP contribution >= 0.6 is 0 Å². The summed E-state index contributed by atoms with van der Waals surface area (Å²) in [4.78, 5) is 11.1. The van der Waals surface area contributed by atoms with Crippen LogP contribution in [0.4, 0.5) is 0 Å². The van der Waals surface area contributed by atoms with Gasteiger partial charge >= 0.3 is 0 Å². The van der Waals surface area contributed by atoms with Crippen LogP contribution < -0.4 is 5.32 Å². The molecule has 1 amide bonds. The zero-order valence-corrected chi connectivity index (χ0v) is 10.3. The molecule has 1 aliphatic rings. The van der Waals surface area contributed by atoms with Crippen LogP contribution in [-0.4, -0.2) is 65.1 Å². The molecular weight excluding hydrogens is 242 g/mol. The van der Waals surface area contributed by atoms with Gasteiger partial charge in [0.1, 0.15) is 24.4 Å². The van der Waals surface area contributed by atoms with Crippen LogP contribution in [0.5, 0.6) is 0 Å². The summed E-state index contributed by atoms with van der Waals surface area (Å²) in [7, 11) is 0. The number of rotatable bonds is 5. The molecule has 0 bridgehead atoms. The molecule has 0 spiro atoms. The maximum atomic E-state index is 11.1. The van der Waals surface area contributed by atoms with E-state index in [-0.39, 0.29) is 13.5 Å². The Kier molecular flexibility index (Phi) is 5.33. The summed E-state index contributed by atoms with van der Waals surface area (Å²) in [6, 6.07) is -0.916. The number of ether oxygens (including phenoxy) is 2. The first kappa shape index (κ1) is 13.7. The molecule has 1 rings (SSSR count). The van der Waals surface area contributed by atoms with Crippen molar-refractivity contribution in [2.45, 2.75) is 50.9 Å². The molecule has 0 aliphatic carbocycles. The topological polar surface area (TPSA) is 108 Å². The first-order chi connectivity index (χ1) is 9.01. The van der Waals surface area contributed by atoms with Crippen molar-refractivity contribution in [3.05, 3.63) is 0 Å². The van der Waals surface area contributed by atoms with Gasteiger partial charge in [0.05, 0.1) is 6.61 Å². The summed E-state index contributed by atoms with van der Waals surface area (Å²) in [5.41, 5.74) is 0. The fourth-order valence-electron chi connectivity index (χ4n) is 1.89.